The Morgan fingerprint density at radius 2 is 1.88 bits per heavy atom. The van der Waals surface area contributed by atoms with E-state index in [0.717, 1.165) is 16.5 Å². The molecule has 1 aromatic heterocycles. The quantitative estimate of drug-likeness (QED) is 0.208. The SMILES string of the molecule is COc1cccc2[nH]c(C(=O)C[C@@H](CC(C)C)C(=O)N[C@@H](C[C@@H]3CCNC3=O)C(C#N)N[C@H](C)c3ccccc3)cc12. The molecule has 2 aromatic carbocycles. The van der Waals surface area contributed by atoms with Crippen LogP contribution in [0.2, 0.25) is 0 Å². The highest BCUT2D eigenvalue weighted by Gasteiger charge is 2.35. The van der Waals surface area contributed by atoms with E-state index in [2.05, 4.69) is 27.0 Å². The van der Waals surface area contributed by atoms with E-state index in [1.807, 2.05) is 69.3 Å². The summed E-state index contributed by atoms with van der Waals surface area (Å²) in [6, 6.07) is 17.9. The van der Waals surface area contributed by atoms with E-state index in [9.17, 15) is 19.6 Å². The Kier molecular flexibility index (Phi) is 10.4. The Morgan fingerprint density at radius 1 is 1.12 bits per heavy atom. The second-order valence-electron chi connectivity index (χ2n) is 11.6. The van der Waals surface area contributed by atoms with Gasteiger partial charge in [-0.3, -0.25) is 19.7 Å². The number of Topliss-reactive ketones (excluding diaryl/α,β-unsaturated/α-hetero) is 1. The first-order valence-corrected chi connectivity index (χ1v) is 14.7. The molecule has 9 heteroatoms. The average molecular weight is 572 g/mol. The molecule has 1 unspecified atom stereocenters. The van der Waals surface area contributed by atoms with E-state index in [1.54, 1.807) is 13.2 Å². The summed E-state index contributed by atoms with van der Waals surface area (Å²) in [4.78, 5) is 42.9. The molecule has 222 valence electrons. The Bertz CT molecular complexity index is 1430. The topological polar surface area (TPSA) is 136 Å². The number of carbonyl (C=O) groups excluding carboxylic acids is 3. The smallest absolute Gasteiger partial charge is 0.223 e. The summed E-state index contributed by atoms with van der Waals surface area (Å²) >= 11 is 0. The summed E-state index contributed by atoms with van der Waals surface area (Å²) in [6.07, 6.45) is 1.49. The number of ketones is 1. The first kappa shape index (κ1) is 30.8. The lowest BCUT2D eigenvalue weighted by Gasteiger charge is -2.30. The number of aromatic nitrogens is 1. The number of benzene rings is 2. The van der Waals surface area contributed by atoms with Gasteiger partial charge in [-0.2, -0.15) is 5.26 Å². The van der Waals surface area contributed by atoms with E-state index in [1.165, 1.54) is 0 Å². The Morgan fingerprint density at radius 3 is 2.52 bits per heavy atom. The van der Waals surface area contributed by atoms with Crippen molar-refractivity contribution in [3.05, 3.63) is 65.9 Å². The number of hydrogen-bond donors (Lipinski definition) is 4. The van der Waals surface area contributed by atoms with Gasteiger partial charge in [-0.05, 0) is 55.9 Å². The molecule has 2 heterocycles. The molecule has 0 saturated carbocycles. The van der Waals surface area contributed by atoms with Crippen LogP contribution in [0.5, 0.6) is 5.75 Å². The monoisotopic (exact) mass is 571 g/mol. The molecule has 4 N–H and O–H groups in total. The maximum absolute atomic E-state index is 13.8. The van der Waals surface area contributed by atoms with Crippen molar-refractivity contribution in [3.63, 3.8) is 0 Å². The number of methoxy groups -OCH3 is 1. The number of fused-ring (bicyclic) bond motifs is 1. The van der Waals surface area contributed by atoms with Crippen molar-refractivity contribution in [2.45, 2.75) is 64.6 Å². The van der Waals surface area contributed by atoms with Crippen molar-refractivity contribution >= 4 is 28.5 Å². The van der Waals surface area contributed by atoms with Crippen molar-refractivity contribution in [1.82, 2.24) is 20.9 Å². The summed E-state index contributed by atoms with van der Waals surface area (Å²) in [6.45, 7) is 6.57. The number of ether oxygens (including phenoxy) is 1. The first-order valence-electron chi connectivity index (χ1n) is 14.7. The maximum atomic E-state index is 13.8. The van der Waals surface area contributed by atoms with Crippen LogP contribution >= 0.6 is 0 Å². The lowest BCUT2D eigenvalue weighted by Crippen LogP contribution is -2.52. The number of nitrogens with zero attached hydrogens (tertiary/aromatic N) is 1. The van der Waals surface area contributed by atoms with Gasteiger partial charge in [0.25, 0.3) is 0 Å². The Balaban J connectivity index is 1.54. The lowest BCUT2D eigenvalue weighted by molar-refractivity contribution is -0.127. The number of H-pyrrole nitrogens is 1. The zero-order valence-electron chi connectivity index (χ0n) is 24.8. The maximum Gasteiger partial charge on any atom is 0.223 e. The zero-order chi connectivity index (χ0) is 30.2. The summed E-state index contributed by atoms with van der Waals surface area (Å²) in [5.74, 6) is -0.596. The van der Waals surface area contributed by atoms with E-state index in [0.29, 0.717) is 37.3 Å². The Hall–Kier alpha value is -4.16. The molecule has 1 fully saturated rings. The average Bonchev–Trinajstić information content (AvgIpc) is 3.61. The zero-order valence-corrected chi connectivity index (χ0v) is 24.8. The molecule has 1 aliphatic heterocycles. The molecule has 0 radical (unpaired) electrons. The number of aromatic amines is 1. The fraction of sp³-hybridized carbons (Fsp3) is 0.455. The van der Waals surface area contributed by atoms with Gasteiger partial charge >= 0.3 is 0 Å². The molecular weight excluding hydrogens is 530 g/mol. The van der Waals surface area contributed by atoms with E-state index in [4.69, 9.17) is 4.74 Å². The van der Waals surface area contributed by atoms with Gasteiger partial charge in [-0.15, -0.1) is 0 Å². The predicted octanol–water partition coefficient (Wildman–Crippen LogP) is 4.67. The molecular formula is C33H41N5O4. The van der Waals surface area contributed by atoms with Crippen molar-refractivity contribution in [3.8, 4) is 11.8 Å². The molecule has 0 spiro atoms. The van der Waals surface area contributed by atoms with Crippen LogP contribution in [0.15, 0.2) is 54.6 Å². The van der Waals surface area contributed by atoms with Gasteiger partial charge in [0.2, 0.25) is 11.8 Å². The lowest BCUT2D eigenvalue weighted by atomic mass is 9.89. The van der Waals surface area contributed by atoms with Crippen LogP contribution in [0, 0.1) is 29.1 Å². The summed E-state index contributed by atoms with van der Waals surface area (Å²) in [5, 5.41) is 20.3. The molecule has 3 aromatic rings. The number of carbonyl (C=O) groups is 3. The van der Waals surface area contributed by atoms with Gasteiger partial charge in [0.1, 0.15) is 11.8 Å². The van der Waals surface area contributed by atoms with Crippen molar-refractivity contribution in [2.24, 2.45) is 17.8 Å². The highest BCUT2D eigenvalue weighted by Crippen LogP contribution is 2.28. The minimum Gasteiger partial charge on any atom is -0.496 e. The number of nitrogens with one attached hydrogen (secondary N) is 4. The van der Waals surface area contributed by atoms with Crippen LogP contribution in [-0.2, 0) is 9.59 Å². The molecule has 9 nitrogen and oxygen atoms in total. The van der Waals surface area contributed by atoms with Crippen molar-refractivity contribution in [1.29, 1.82) is 5.26 Å². The van der Waals surface area contributed by atoms with Gasteiger partial charge in [-0.25, -0.2) is 0 Å². The van der Waals surface area contributed by atoms with Crippen LogP contribution in [0.4, 0.5) is 0 Å². The normalized spacial score (nSPS) is 17.7. The molecule has 2 amide bonds. The van der Waals surface area contributed by atoms with Crippen molar-refractivity contribution in [2.75, 3.05) is 13.7 Å². The van der Waals surface area contributed by atoms with Gasteiger partial charge in [0, 0.05) is 41.7 Å². The molecule has 0 aliphatic carbocycles. The third-order valence-electron chi connectivity index (χ3n) is 8.00. The molecule has 1 aliphatic rings. The number of amides is 2. The molecule has 0 bridgehead atoms. The van der Waals surface area contributed by atoms with E-state index >= 15 is 0 Å². The fourth-order valence-electron chi connectivity index (χ4n) is 5.75. The molecule has 1 saturated heterocycles. The molecule has 4 rings (SSSR count). The fourth-order valence-corrected chi connectivity index (χ4v) is 5.75. The highest BCUT2D eigenvalue weighted by molar-refractivity contribution is 6.02. The minimum absolute atomic E-state index is 0.0147. The van der Waals surface area contributed by atoms with Gasteiger partial charge < -0.3 is 20.4 Å². The summed E-state index contributed by atoms with van der Waals surface area (Å²) < 4.78 is 5.43. The van der Waals surface area contributed by atoms with Gasteiger partial charge in [0.15, 0.2) is 5.78 Å². The second kappa shape index (κ2) is 14.1. The third-order valence-corrected chi connectivity index (χ3v) is 8.00. The van der Waals surface area contributed by atoms with Crippen LogP contribution in [0.1, 0.15) is 68.5 Å². The Labute approximate surface area is 247 Å². The number of nitriles is 1. The number of hydrogen-bond acceptors (Lipinski definition) is 6. The summed E-state index contributed by atoms with van der Waals surface area (Å²) in [7, 11) is 1.59. The standard InChI is InChI=1S/C33H41N5O4/c1-20(2)15-24(17-30(39)28-18-25-26(37-28)11-8-12-31(25)42-4)33(41)38-27(16-23-13-14-35-32(23)40)29(19-34)36-21(3)22-9-6-5-7-10-22/h5-12,18,20-21,23-24,27,29,36-37H,13-17H2,1-4H3,(H,35,40)(H,38,41)/t21-,23+,24-,27+,29?/m1/s1. The third kappa shape index (κ3) is 7.56. The predicted molar refractivity (Wildman–Crippen MR) is 162 cm³/mol. The van der Waals surface area contributed by atoms with Crippen LogP contribution in [0.3, 0.4) is 0 Å². The van der Waals surface area contributed by atoms with E-state index in [-0.39, 0.29) is 41.9 Å². The summed E-state index contributed by atoms with van der Waals surface area (Å²) in [5.41, 5.74) is 2.22. The van der Waals surface area contributed by atoms with Crippen LogP contribution in [-0.4, -0.2) is 48.3 Å². The molecule has 42 heavy (non-hydrogen) atoms. The first-order chi connectivity index (χ1) is 20.2. The van der Waals surface area contributed by atoms with Gasteiger partial charge in [-0.1, -0.05) is 50.2 Å². The minimum atomic E-state index is -0.742. The molecule has 5 atom stereocenters. The second-order valence-corrected chi connectivity index (χ2v) is 11.6. The largest absolute Gasteiger partial charge is 0.496 e. The van der Waals surface area contributed by atoms with Crippen LogP contribution < -0.4 is 20.7 Å². The van der Waals surface area contributed by atoms with Crippen molar-refractivity contribution < 1.29 is 19.1 Å². The van der Waals surface area contributed by atoms with Crippen LogP contribution in [0.25, 0.3) is 10.9 Å². The van der Waals surface area contributed by atoms with Gasteiger partial charge in [0.05, 0.1) is 24.9 Å². The highest BCUT2D eigenvalue weighted by atomic mass is 16.5. The van der Waals surface area contributed by atoms with E-state index < -0.39 is 18.0 Å². The number of rotatable bonds is 14.